The van der Waals surface area contributed by atoms with Gasteiger partial charge in [-0.2, -0.15) is 0 Å². The lowest BCUT2D eigenvalue weighted by atomic mass is 10.1. The smallest absolute Gasteiger partial charge is 0.312 e. The van der Waals surface area contributed by atoms with Crippen molar-refractivity contribution in [2.24, 2.45) is 0 Å². The Morgan fingerprint density at radius 1 is 1.00 bits per heavy atom. The van der Waals surface area contributed by atoms with E-state index >= 15 is 0 Å². The maximum absolute atomic E-state index is 12.8. The molecule has 0 saturated carbocycles. The molecule has 0 spiro atoms. The van der Waals surface area contributed by atoms with Crippen molar-refractivity contribution in [1.29, 1.82) is 0 Å². The summed E-state index contributed by atoms with van der Waals surface area (Å²) >= 11 is 2.87. The largest absolute Gasteiger partial charge is 0.497 e. The van der Waals surface area contributed by atoms with E-state index in [1.807, 2.05) is 18.2 Å². The van der Waals surface area contributed by atoms with Crippen LogP contribution in [0.4, 0.5) is 0 Å². The number of nitrogens with zero attached hydrogens (tertiary/aromatic N) is 1. The molecule has 34 heavy (non-hydrogen) atoms. The first kappa shape index (κ1) is 23.8. The van der Waals surface area contributed by atoms with Gasteiger partial charge in [0.05, 0.1) is 25.6 Å². The highest BCUT2D eigenvalue weighted by Crippen LogP contribution is 2.31. The number of amides is 1. The number of thiophene rings is 1. The van der Waals surface area contributed by atoms with Crippen molar-refractivity contribution >= 4 is 28.6 Å². The number of benzene rings is 2. The second-order valence-corrected chi connectivity index (χ2v) is 9.49. The summed E-state index contributed by atoms with van der Waals surface area (Å²) in [6.07, 6.45) is 2.99. The summed E-state index contributed by atoms with van der Waals surface area (Å²) in [7, 11) is 3.14. The van der Waals surface area contributed by atoms with E-state index < -0.39 is 0 Å². The molecule has 1 amide bonds. The number of nitrogens with one attached hydrogen (secondary N) is 1. The van der Waals surface area contributed by atoms with Gasteiger partial charge in [-0.15, -0.1) is 11.3 Å². The van der Waals surface area contributed by atoms with Gasteiger partial charge in [0.2, 0.25) is 0 Å². The number of ether oxygens (including phenoxy) is 2. The number of carbonyl (C=O) groups excluding carboxylic acids is 1. The number of unbranched alkanes of at least 4 members (excludes halogenated alkanes) is 1. The first-order chi connectivity index (χ1) is 16.6. The van der Waals surface area contributed by atoms with Crippen LogP contribution >= 0.6 is 22.7 Å². The Kier molecular flexibility index (Phi) is 7.82. The molecule has 4 aromatic rings. The third-order valence-electron chi connectivity index (χ3n) is 5.46. The molecule has 0 aliphatic carbocycles. The summed E-state index contributed by atoms with van der Waals surface area (Å²) in [5.41, 5.74) is 2.65. The lowest BCUT2D eigenvalue weighted by Gasteiger charge is -2.14. The van der Waals surface area contributed by atoms with Crippen molar-refractivity contribution < 1.29 is 14.3 Å². The first-order valence-corrected chi connectivity index (χ1v) is 12.7. The van der Waals surface area contributed by atoms with Crippen molar-refractivity contribution in [2.75, 3.05) is 20.8 Å². The van der Waals surface area contributed by atoms with Crippen LogP contribution in [0.3, 0.4) is 0 Å². The highest BCUT2D eigenvalue weighted by molar-refractivity contribution is 7.09. The maximum atomic E-state index is 12.8. The van der Waals surface area contributed by atoms with E-state index in [4.69, 9.17) is 9.47 Å². The minimum Gasteiger partial charge on any atom is -0.497 e. The normalized spacial score (nSPS) is 10.8. The van der Waals surface area contributed by atoms with E-state index in [0.29, 0.717) is 35.0 Å². The Bertz CT molecular complexity index is 1310. The SMILES string of the molecule is COc1ccc(-n2c(-c3cccc(C(=O)NCCCCc4cccs4)c3)csc2=O)c(OC)c1. The highest BCUT2D eigenvalue weighted by atomic mass is 32.1. The number of thiazole rings is 1. The van der Waals surface area contributed by atoms with Crippen LogP contribution in [0.25, 0.3) is 16.9 Å². The number of methoxy groups -OCH3 is 2. The van der Waals surface area contributed by atoms with Crippen LogP contribution in [0.5, 0.6) is 11.5 Å². The van der Waals surface area contributed by atoms with E-state index in [1.165, 1.54) is 4.88 Å². The van der Waals surface area contributed by atoms with E-state index in [9.17, 15) is 9.59 Å². The van der Waals surface area contributed by atoms with Gasteiger partial charge in [0.1, 0.15) is 11.5 Å². The molecule has 0 aliphatic heterocycles. The minimum atomic E-state index is -0.140. The minimum absolute atomic E-state index is 0.121. The third-order valence-corrected chi connectivity index (χ3v) is 7.12. The molecule has 2 aromatic heterocycles. The zero-order chi connectivity index (χ0) is 23.9. The molecule has 8 heteroatoms. The Hall–Kier alpha value is -3.36. The second kappa shape index (κ2) is 11.2. The third kappa shape index (κ3) is 5.40. The molecule has 0 saturated heterocycles. The molecule has 0 unspecified atom stereocenters. The number of carbonyl (C=O) groups is 1. The standard InChI is InChI=1S/C26H26N2O4S2/c1-31-20-11-12-22(24(16-20)32-2)28-23(17-34-26(28)30)18-7-5-8-19(15-18)25(29)27-13-4-3-9-21-10-6-14-33-21/h5-8,10-12,14-17H,3-4,9,13H2,1-2H3,(H,27,29). The average Bonchev–Trinajstić information content (AvgIpc) is 3.53. The molecule has 0 atom stereocenters. The van der Waals surface area contributed by atoms with Crippen LogP contribution < -0.4 is 19.7 Å². The van der Waals surface area contributed by atoms with Crippen molar-refractivity contribution in [2.45, 2.75) is 19.3 Å². The van der Waals surface area contributed by atoms with Crippen LogP contribution in [0, 0.1) is 0 Å². The number of hydrogen-bond donors (Lipinski definition) is 1. The molecule has 0 radical (unpaired) electrons. The van der Waals surface area contributed by atoms with Gasteiger partial charge >= 0.3 is 4.87 Å². The van der Waals surface area contributed by atoms with Gasteiger partial charge in [0.25, 0.3) is 5.91 Å². The topological polar surface area (TPSA) is 69.6 Å². The summed E-state index contributed by atoms with van der Waals surface area (Å²) in [5.74, 6) is 1.04. The molecule has 1 N–H and O–H groups in total. The summed E-state index contributed by atoms with van der Waals surface area (Å²) < 4.78 is 12.4. The Morgan fingerprint density at radius 2 is 1.88 bits per heavy atom. The van der Waals surface area contributed by atoms with Gasteiger partial charge in [-0.25, -0.2) is 0 Å². The summed E-state index contributed by atoms with van der Waals surface area (Å²) in [4.78, 5) is 26.7. The van der Waals surface area contributed by atoms with E-state index in [0.717, 1.165) is 36.2 Å². The van der Waals surface area contributed by atoms with Gasteiger partial charge in [0.15, 0.2) is 0 Å². The zero-order valence-corrected chi connectivity index (χ0v) is 20.7. The van der Waals surface area contributed by atoms with Crippen molar-refractivity contribution in [3.8, 4) is 28.4 Å². The molecule has 2 heterocycles. The molecular weight excluding hydrogens is 468 g/mol. The number of aryl methyl sites for hydroxylation is 1. The van der Waals surface area contributed by atoms with Gasteiger partial charge in [-0.1, -0.05) is 29.5 Å². The van der Waals surface area contributed by atoms with Gasteiger partial charge in [-0.3, -0.25) is 14.2 Å². The second-order valence-electron chi connectivity index (χ2n) is 7.63. The zero-order valence-electron chi connectivity index (χ0n) is 19.1. The Morgan fingerprint density at radius 3 is 2.65 bits per heavy atom. The number of aromatic nitrogens is 1. The monoisotopic (exact) mass is 494 g/mol. The number of rotatable bonds is 10. The molecule has 0 aliphatic rings. The lowest BCUT2D eigenvalue weighted by Crippen LogP contribution is -2.24. The molecule has 0 bridgehead atoms. The molecule has 176 valence electrons. The van der Waals surface area contributed by atoms with Crippen LogP contribution in [-0.4, -0.2) is 31.2 Å². The van der Waals surface area contributed by atoms with Gasteiger partial charge in [0, 0.05) is 34.0 Å². The van der Waals surface area contributed by atoms with Crippen molar-refractivity contribution in [3.63, 3.8) is 0 Å². The van der Waals surface area contributed by atoms with Crippen LogP contribution in [0.15, 0.2) is 70.2 Å². The van der Waals surface area contributed by atoms with Crippen LogP contribution in [0.1, 0.15) is 28.1 Å². The summed E-state index contributed by atoms with van der Waals surface area (Å²) in [6.45, 7) is 0.626. The molecule has 0 fully saturated rings. The predicted octanol–water partition coefficient (Wildman–Crippen LogP) is 5.40. The van der Waals surface area contributed by atoms with Crippen molar-refractivity contribution in [1.82, 2.24) is 9.88 Å². The highest BCUT2D eigenvalue weighted by Gasteiger charge is 2.17. The fraction of sp³-hybridized carbons (Fsp3) is 0.231. The summed E-state index contributed by atoms with van der Waals surface area (Å²) in [5, 5.41) is 6.89. The quantitative estimate of drug-likeness (QED) is 0.300. The Labute approximate surface area is 206 Å². The Balaban J connectivity index is 1.50. The van der Waals surface area contributed by atoms with E-state index in [1.54, 1.807) is 59.8 Å². The maximum Gasteiger partial charge on any atom is 0.312 e. The van der Waals surface area contributed by atoms with Gasteiger partial charge < -0.3 is 14.8 Å². The van der Waals surface area contributed by atoms with Crippen molar-refractivity contribution in [3.05, 3.63) is 85.5 Å². The fourth-order valence-corrected chi connectivity index (χ4v) is 5.21. The first-order valence-electron chi connectivity index (χ1n) is 10.9. The van der Waals surface area contributed by atoms with Crippen LogP contribution in [-0.2, 0) is 6.42 Å². The van der Waals surface area contributed by atoms with Gasteiger partial charge in [-0.05, 0) is 55.0 Å². The number of hydrogen-bond acceptors (Lipinski definition) is 6. The fourth-order valence-electron chi connectivity index (χ4n) is 3.71. The lowest BCUT2D eigenvalue weighted by molar-refractivity contribution is 0.0953. The summed E-state index contributed by atoms with van der Waals surface area (Å²) in [6, 6.07) is 16.8. The molecule has 4 rings (SSSR count). The van der Waals surface area contributed by atoms with E-state index in [2.05, 4.69) is 22.8 Å². The van der Waals surface area contributed by atoms with E-state index in [-0.39, 0.29) is 10.8 Å². The average molecular weight is 495 g/mol. The molecule has 6 nitrogen and oxygen atoms in total. The predicted molar refractivity (Wildman–Crippen MR) is 138 cm³/mol. The molecule has 2 aromatic carbocycles. The van der Waals surface area contributed by atoms with Crippen LogP contribution in [0.2, 0.25) is 0 Å². The molecular formula is C26H26N2O4S2.